The van der Waals surface area contributed by atoms with E-state index in [1.54, 1.807) is 9.75 Å². The summed E-state index contributed by atoms with van der Waals surface area (Å²) in [5, 5.41) is 5.86. The van der Waals surface area contributed by atoms with Gasteiger partial charge in [0.15, 0.2) is 0 Å². The van der Waals surface area contributed by atoms with Crippen molar-refractivity contribution in [1.82, 2.24) is 0 Å². The maximum atomic E-state index is 2.49. The summed E-state index contributed by atoms with van der Waals surface area (Å²) in [6.45, 7) is 4.58. The second kappa shape index (κ2) is 9.60. The van der Waals surface area contributed by atoms with Gasteiger partial charge in [0.1, 0.15) is 0 Å². The van der Waals surface area contributed by atoms with E-state index in [0.29, 0.717) is 0 Å². The highest BCUT2D eigenvalue weighted by atomic mass is 32.1. The molecule has 0 saturated heterocycles. The molecule has 5 rings (SSSR count). The standard InChI is InChI=1S/C28H32S3/c1-3-5-7-9-11-19-17-23-25(29-19)15-13-21-22-14-16-26-24(28(22)31-27(21)23)18-20(30-26)12-10-8-6-4-2/h13-18H,3-12H2,1-2H3. The predicted octanol–water partition coefficient (Wildman–Crippen LogP) is 10.7. The molecule has 0 amide bonds. The van der Waals surface area contributed by atoms with Crippen molar-refractivity contribution in [1.29, 1.82) is 0 Å². The van der Waals surface area contributed by atoms with Crippen LogP contribution in [0.25, 0.3) is 40.3 Å². The third-order valence-electron chi connectivity index (χ3n) is 6.45. The SMILES string of the molecule is CCCCCCc1cc2c(ccc3c4ccc5sc(CCCCCC)cc5c4sc23)s1. The van der Waals surface area contributed by atoms with Gasteiger partial charge in [0.05, 0.1) is 0 Å². The van der Waals surface area contributed by atoms with Crippen molar-refractivity contribution in [2.24, 2.45) is 0 Å². The average molecular weight is 465 g/mol. The molecule has 5 aromatic rings. The molecule has 0 aliphatic rings. The normalized spacial score (nSPS) is 12.2. The minimum absolute atomic E-state index is 1.24. The van der Waals surface area contributed by atoms with E-state index in [2.05, 4.69) is 50.2 Å². The lowest BCUT2D eigenvalue weighted by Gasteiger charge is -1.96. The Bertz CT molecular complexity index is 1210. The Labute approximate surface area is 197 Å². The molecular weight excluding hydrogens is 433 g/mol. The highest BCUT2D eigenvalue weighted by molar-refractivity contribution is 7.29. The van der Waals surface area contributed by atoms with Crippen LogP contribution in [0, 0.1) is 0 Å². The lowest BCUT2D eigenvalue weighted by molar-refractivity contribution is 0.670. The van der Waals surface area contributed by atoms with Crippen molar-refractivity contribution in [3.63, 3.8) is 0 Å². The summed E-state index contributed by atoms with van der Waals surface area (Å²) in [5.74, 6) is 0. The smallest absolute Gasteiger partial charge is 0.0442 e. The summed E-state index contributed by atoms with van der Waals surface area (Å²) in [6.07, 6.45) is 13.2. The van der Waals surface area contributed by atoms with E-state index in [-0.39, 0.29) is 0 Å². The summed E-state index contributed by atoms with van der Waals surface area (Å²) in [4.78, 5) is 3.12. The van der Waals surface area contributed by atoms with Gasteiger partial charge < -0.3 is 0 Å². The quantitative estimate of drug-likeness (QED) is 0.180. The molecule has 0 spiro atoms. The monoisotopic (exact) mass is 464 g/mol. The Morgan fingerprint density at radius 2 is 1.00 bits per heavy atom. The van der Waals surface area contributed by atoms with Crippen LogP contribution in [-0.2, 0) is 12.8 Å². The molecule has 0 unspecified atom stereocenters. The number of hydrogen-bond donors (Lipinski definition) is 0. The van der Waals surface area contributed by atoms with Crippen LogP contribution < -0.4 is 0 Å². The van der Waals surface area contributed by atoms with Crippen molar-refractivity contribution in [2.75, 3.05) is 0 Å². The van der Waals surface area contributed by atoms with Gasteiger partial charge in [-0.3, -0.25) is 0 Å². The van der Waals surface area contributed by atoms with Crippen LogP contribution in [-0.4, -0.2) is 0 Å². The number of rotatable bonds is 10. The Morgan fingerprint density at radius 3 is 1.45 bits per heavy atom. The molecule has 0 bridgehead atoms. The maximum Gasteiger partial charge on any atom is 0.0442 e. The van der Waals surface area contributed by atoms with Gasteiger partial charge in [-0.25, -0.2) is 0 Å². The molecule has 0 aliphatic heterocycles. The van der Waals surface area contributed by atoms with E-state index in [0.717, 1.165) is 0 Å². The van der Waals surface area contributed by atoms with Crippen LogP contribution in [0.2, 0.25) is 0 Å². The molecule has 2 aromatic carbocycles. The summed E-state index contributed by atoms with van der Waals surface area (Å²) in [5.41, 5.74) is 0. The molecule has 0 nitrogen and oxygen atoms in total. The number of fused-ring (bicyclic) bond motifs is 7. The second-order valence-electron chi connectivity index (χ2n) is 8.86. The zero-order chi connectivity index (χ0) is 21.2. The van der Waals surface area contributed by atoms with Crippen LogP contribution in [0.15, 0.2) is 36.4 Å². The number of unbranched alkanes of at least 4 members (excludes halogenated alkanes) is 6. The fourth-order valence-corrected chi connectivity index (χ4v) is 8.41. The van der Waals surface area contributed by atoms with Crippen molar-refractivity contribution >= 4 is 74.4 Å². The van der Waals surface area contributed by atoms with E-state index < -0.39 is 0 Å². The Morgan fingerprint density at radius 1 is 0.516 bits per heavy atom. The first-order chi connectivity index (χ1) is 15.3. The molecule has 0 radical (unpaired) electrons. The molecule has 3 heterocycles. The lowest BCUT2D eigenvalue weighted by Crippen LogP contribution is -1.80. The number of hydrogen-bond acceptors (Lipinski definition) is 3. The van der Waals surface area contributed by atoms with Gasteiger partial charge in [0.25, 0.3) is 0 Å². The molecule has 3 aromatic heterocycles. The van der Waals surface area contributed by atoms with Crippen LogP contribution >= 0.6 is 34.0 Å². The first kappa shape index (κ1) is 21.4. The maximum absolute atomic E-state index is 2.49. The molecule has 31 heavy (non-hydrogen) atoms. The van der Waals surface area contributed by atoms with Crippen molar-refractivity contribution in [3.8, 4) is 0 Å². The molecular formula is C28H32S3. The van der Waals surface area contributed by atoms with E-state index in [9.17, 15) is 0 Å². The van der Waals surface area contributed by atoms with Crippen molar-refractivity contribution < 1.29 is 0 Å². The topological polar surface area (TPSA) is 0 Å². The Kier molecular flexibility index (Phi) is 6.64. The molecule has 0 saturated carbocycles. The zero-order valence-corrected chi connectivity index (χ0v) is 21.2. The minimum Gasteiger partial charge on any atom is -0.140 e. The molecule has 0 aliphatic carbocycles. The van der Waals surface area contributed by atoms with Crippen LogP contribution in [0.5, 0.6) is 0 Å². The third-order valence-corrected chi connectivity index (χ3v) is 10.1. The highest BCUT2D eigenvalue weighted by Crippen LogP contribution is 2.45. The summed E-state index contributed by atoms with van der Waals surface area (Å²) >= 11 is 6.04. The summed E-state index contributed by atoms with van der Waals surface area (Å²) in [7, 11) is 0. The zero-order valence-electron chi connectivity index (χ0n) is 18.8. The Balaban J connectivity index is 1.51. The third kappa shape index (κ3) is 4.29. The molecule has 162 valence electrons. The minimum atomic E-state index is 1.24. The summed E-state index contributed by atoms with van der Waals surface area (Å²) in [6, 6.07) is 14.5. The van der Waals surface area contributed by atoms with Gasteiger partial charge in [0, 0.05) is 50.1 Å². The van der Waals surface area contributed by atoms with Gasteiger partial charge in [-0.1, -0.05) is 64.5 Å². The van der Waals surface area contributed by atoms with E-state index >= 15 is 0 Å². The molecule has 0 fully saturated rings. The molecule has 3 heteroatoms. The van der Waals surface area contributed by atoms with Crippen molar-refractivity contribution in [2.45, 2.75) is 78.1 Å². The predicted molar refractivity (Wildman–Crippen MR) is 146 cm³/mol. The first-order valence-corrected chi connectivity index (χ1v) is 14.5. The first-order valence-electron chi connectivity index (χ1n) is 12.1. The van der Waals surface area contributed by atoms with Gasteiger partial charge in [-0.2, -0.15) is 0 Å². The largest absolute Gasteiger partial charge is 0.140 e. The van der Waals surface area contributed by atoms with E-state index in [1.165, 1.54) is 105 Å². The fourth-order valence-electron chi connectivity index (χ4n) is 4.72. The fraction of sp³-hybridized carbons (Fsp3) is 0.429. The van der Waals surface area contributed by atoms with Crippen LogP contribution in [0.1, 0.15) is 75.0 Å². The number of thiophene rings is 3. The van der Waals surface area contributed by atoms with Crippen LogP contribution in [0.4, 0.5) is 0 Å². The highest BCUT2D eigenvalue weighted by Gasteiger charge is 2.14. The van der Waals surface area contributed by atoms with Gasteiger partial charge >= 0.3 is 0 Å². The average Bonchev–Trinajstić information content (AvgIpc) is 3.47. The lowest BCUT2D eigenvalue weighted by atomic mass is 10.1. The second-order valence-corrected chi connectivity index (χ2v) is 12.2. The number of benzene rings is 2. The van der Waals surface area contributed by atoms with E-state index in [4.69, 9.17) is 0 Å². The molecule has 0 atom stereocenters. The van der Waals surface area contributed by atoms with Crippen molar-refractivity contribution in [3.05, 3.63) is 46.2 Å². The van der Waals surface area contributed by atoms with Gasteiger partial charge in [-0.15, -0.1) is 34.0 Å². The van der Waals surface area contributed by atoms with Gasteiger partial charge in [-0.05, 0) is 49.9 Å². The number of aryl methyl sites for hydroxylation is 2. The van der Waals surface area contributed by atoms with E-state index in [1.807, 2.05) is 34.0 Å². The van der Waals surface area contributed by atoms with Gasteiger partial charge in [0.2, 0.25) is 0 Å². The van der Waals surface area contributed by atoms with Crippen LogP contribution in [0.3, 0.4) is 0 Å². The molecule has 0 N–H and O–H groups in total. The Hall–Kier alpha value is -1.42. The summed E-state index contributed by atoms with van der Waals surface area (Å²) < 4.78 is 5.91.